The highest BCUT2D eigenvalue weighted by molar-refractivity contribution is 6.39. The van der Waals surface area contributed by atoms with E-state index in [9.17, 15) is 19.2 Å². The summed E-state index contributed by atoms with van der Waals surface area (Å²) in [4.78, 5) is 52.3. The molecule has 6 rings (SSSR count). The molecule has 0 fully saturated rings. The molecule has 2 aliphatic rings. The first-order valence-corrected chi connectivity index (χ1v) is 16.1. The van der Waals surface area contributed by atoms with Gasteiger partial charge in [0.15, 0.2) is 23.1 Å². The summed E-state index contributed by atoms with van der Waals surface area (Å²) in [5, 5.41) is 13.9. The second-order valence-electron chi connectivity index (χ2n) is 11.4. The number of halogens is 1. The van der Waals surface area contributed by atoms with Crippen molar-refractivity contribution in [2.75, 3.05) is 49.9 Å². The maximum Gasteiger partial charge on any atom is 0.196 e. The second-order valence-corrected chi connectivity index (χ2v) is 11.8. The van der Waals surface area contributed by atoms with Crippen LogP contribution in [0, 0.1) is 0 Å². The van der Waals surface area contributed by atoms with Gasteiger partial charge in [0.1, 0.15) is 0 Å². The number of ketones is 4. The SMILES string of the molecule is O=C1c2ccccc2C(=O)c2c(NCCCNCCCNCCCNc3cccc4c3C(=O)c3cccc(Cl)c3C4=O)cccc21. The third-order valence-electron chi connectivity index (χ3n) is 8.37. The van der Waals surface area contributed by atoms with E-state index >= 15 is 0 Å². The average Bonchev–Trinajstić information content (AvgIpc) is 3.07. The van der Waals surface area contributed by atoms with Gasteiger partial charge >= 0.3 is 0 Å². The van der Waals surface area contributed by atoms with Crippen molar-refractivity contribution in [3.8, 4) is 0 Å². The molecule has 0 bridgehead atoms. The topological polar surface area (TPSA) is 116 Å². The molecule has 0 unspecified atom stereocenters. The summed E-state index contributed by atoms with van der Waals surface area (Å²) in [6.45, 7) is 4.76. The predicted octanol–water partition coefficient (Wildman–Crippen LogP) is 5.76. The lowest BCUT2D eigenvalue weighted by Crippen LogP contribution is -2.26. The van der Waals surface area contributed by atoms with E-state index in [4.69, 9.17) is 11.6 Å². The molecule has 9 heteroatoms. The van der Waals surface area contributed by atoms with Crippen LogP contribution < -0.4 is 21.3 Å². The maximum atomic E-state index is 13.2. The van der Waals surface area contributed by atoms with E-state index in [1.54, 1.807) is 60.7 Å². The van der Waals surface area contributed by atoms with Crippen molar-refractivity contribution in [1.29, 1.82) is 0 Å². The third-order valence-corrected chi connectivity index (χ3v) is 8.69. The number of benzene rings is 4. The summed E-state index contributed by atoms with van der Waals surface area (Å²) >= 11 is 6.24. The van der Waals surface area contributed by atoms with Crippen molar-refractivity contribution in [3.63, 3.8) is 0 Å². The standard InChI is InChI=1S/C37H35ClN4O4/c38-28-14-3-11-25-31(28)36(45)27-13-5-16-30(33(27)37(25)46)42-22-8-20-40-18-6-17-39-19-7-21-41-29-15-4-12-26-32(29)35(44)24-10-2-1-9-23(24)34(26)43/h1-5,9-16,39-42H,6-8,17-22H2. The van der Waals surface area contributed by atoms with Crippen LogP contribution in [0.4, 0.5) is 11.4 Å². The van der Waals surface area contributed by atoms with Crippen molar-refractivity contribution in [3.05, 3.63) is 128 Å². The van der Waals surface area contributed by atoms with E-state index < -0.39 is 0 Å². The number of hydrogen-bond acceptors (Lipinski definition) is 8. The van der Waals surface area contributed by atoms with Crippen LogP contribution in [0.3, 0.4) is 0 Å². The summed E-state index contributed by atoms with van der Waals surface area (Å²) < 4.78 is 0. The van der Waals surface area contributed by atoms with E-state index in [0.717, 1.165) is 45.4 Å². The fraction of sp³-hybridized carbons (Fsp3) is 0.243. The van der Waals surface area contributed by atoms with Crippen molar-refractivity contribution >= 4 is 46.1 Å². The number of carbonyl (C=O) groups excluding carboxylic acids is 4. The Hall–Kier alpha value is -4.63. The molecule has 0 atom stereocenters. The van der Waals surface area contributed by atoms with Gasteiger partial charge in [-0.2, -0.15) is 0 Å². The Morgan fingerprint density at radius 3 is 1.37 bits per heavy atom. The summed E-state index contributed by atoms with van der Waals surface area (Å²) in [7, 11) is 0. The third kappa shape index (κ3) is 6.24. The summed E-state index contributed by atoms with van der Waals surface area (Å²) in [5.74, 6) is -0.631. The van der Waals surface area contributed by atoms with Crippen molar-refractivity contribution < 1.29 is 19.2 Å². The van der Waals surface area contributed by atoms with Crippen molar-refractivity contribution in [1.82, 2.24) is 10.6 Å². The predicted molar refractivity (Wildman–Crippen MR) is 181 cm³/mol. The summed E-state index contributed by atoms with van der Waals surface area (Å²) in [6.07, 6.45) is 2.71. The molecule has 0 amide bonds. The molecule has 0 spiro atoms. The minimum Gasteiger partial charge on any atom is -0.384 e. The van der Waals surface area contributed by atoms with E-state index in [2.05, 4.69) is 21.3 Å². The first kappa shape index (κ1) is 31.4. The molecular weight excluding hydrogens is 600 g/mol. The van der Waals surface area contributed by atoms with E-state index in [0.29, 0.717) is 68.4 Å². The zero-order valence-corrected chi connectivity index (χ0v) is 26.1. The summed E-state index contributed by atoms with van der Waals surface area (Å²) in [5.41, 5.74) is 4.63. The van der Waals surface area contributed by atoms with Crippen LogP contribution in [-0.4, -0.2) is 62.4 Å². The zero-order valence-electron chi connectivity index (χ0n) is 25.4. The lowest BCUT2D eigenvalue weighted by molar-refractivity contribution is 0.0979. The fourth-order valence-electron chi connectivity index (χ4n) is 6.10. The Morgan fingerprint density at radius 2 is 0.804 bits per heavy atom. The van der Waals surface area contributed by atoms with Gasteiger partial charge in [0.05, 0.1) is 21.7 Å². The van der Waals surface area contributed by atoms with Gasteiger partial charge in [-0.3, -0.25) is 19.2 Å². The van der Waals surface area contributed by atoms with Gasteiger partial charge in [0.2, 0.25) is 0 Å². The van der Waals surface area contributed by atoms with Crippen LogP contribution in [0.2, 0.25) is 5.02 Å². The molecule has 4 aromatic rings. The minimum atomic E-state index is -0.221. The van der Waals surface area contributed by atoms with Crippen LogP contribution in [0.1, 0.15) is 82.9 Å². The van der Waals surface area contributed by atoms with Gasteiger partial charge in [-0.25, -0.2) is 0 Å². The van der Waals surface area contributed by atoms with Crippen LogP contribution in [0.25, 0.3) is 0 Å². The lowest BCUT2D eigenvalue weighted by Gasteiger charge is -2.21. The molecule has 0 aliphatic heterocycles. The summed E-state index contributed by atoms with van der Waals surface area (Å²) in [6, 6.07) is 22.7. The highest BCUT2D eigenvalue weighted by atomic mass is 35.5. The lowest BCUT2D eigenvalue weighted by atomic mass is 9.83. The highest BCUT2D eigenvalue weighted by Gasteiger charge is 2.33. The number of anilines is 2. The molecule has 8 nitrogen and oxygen atoms in total. The molecule has 0 saturated heterocycles. The second kappa shape index (κ2) is 14.2. The number of hydrogen-bond donors (Lipinski definition) is 4. The quantitative estimate of drug-likeness (QED) is 0.112. The Balaban J connectivity index is 0.859. The van der Waals surface area contributed by atoms with Gasteiger partial charge in [-0.05, 0) is 63.6 Å². The van der Waals surface area contributed by atoms with Gasteiger partial charge < -0.3 is 21.3 Å². The largest absolute Gasteiger partial charge is 0.384 e. The Labute approximate surface area is 272 Å². The average molecular weight is 635 g/mol. The monoisotopic (exact) mass is 634 g/mol. The molecule has 0 saturated carbocycles. The molecule has 0 heterocycles. The maximum absolute atomic E-state index is 13.2. The molecule has 0 radical (unpaired) electrons. The number of carbonyl (C=O) groups is 4. The first-order valence-electron chi connectivity index (χ1n) is 15.7. The Morgan fingerprint density at radius 1 is 0.413 bits per heavy atom. The van der Waals surface area contributed by atoms with Gasteiger partial charge in [-0.15, -0.1) is 0 Å². The van der Waals surface area contributed by atoms with Crippen LogP contribution >= 0.6 is 11.6 Å². The fourth-order valence-corrected chi connectivity index (χ4v) is 6.36. The van der Waals surface area contributed by atoms with E-state index in [-0.39, 0.29) is 28.7 Å². The van der Waals surface area contributed by atoms with Gasteiger partial charge in [0.25, 0.3) is 0 Å². The molecular formula is C37H35ClN4O4. The van der Waals surface area contributed by atoms with Crippen LogP contribution in [0.5, 0.6) is 0 Å². The normalized spacial score (nSPS) is 13.2. The number of nitrogens with one attached hydrogen (secondary N) is 4. The van der Waals surface area contributed by atoms with E-state index in [1.165, 1.54) is 0 Å². The molecule has 46 heavy (non-hydrogen) atoms. The minimum absolute atomic E-state index is 0.109. The van der Waals surface area contributed by atoms with Crippen LogP contribution in [-0.2, 0) is 0 Å². The number of rotatable bonds is 14. The van der Waals surface area contributed by atoms with Gasteiger partial charge in [-0.1, -0.05) is 72.3 Å². The smallest absolute Gasteiger partial charge is 0.196 e. The zero-order chi connectivity index (χ0) is 32.0. The Kier molecular flexibility index (Phi) is 9.68. The van der Waals surface area contributed by atoms with Crippen LogP contribution in [0.15, 0.2) is 78.9 Å². The molecule has 4 N–H and O–H groups in total. The van der Waals surface area contributed by atoms with Crippen molar-refractivity contribution in [2.24, 2.45) is 0 Å². The first-order chi connectivity index (χ1) is 22.5. The number of fused-ring (bicyclic) bond motifs is 4. The van der Waals surface area contributed by atoms with Gasteiger partial charge in [0, 0.05) is 52.3 Å². The molecule has 4 aromatic carbocycles. The molecule has 0 aromatic heterocycles. The molecule has 2 aliphatic carbocycles. The molecule has 234 valence electrons. The van der Waals surface area contributed by atoms with Crippen molar-refractivity contribution in [2.45, 2.75) is 19.3 Å². The highest BCUT2D eigenvalue weighted by Crippen LogP contribution is 2.35. The van der Waals surface area contributed by atoms with E-state index in [1.807, 2.05) is 18.2 Å². The Bertz CT molecular complexity index is 1840.